The van der Waals surface area contributed by atoms with Crippen LogP contribution in [0.5, 0.6) is 5.88 Å². The van der Waals surface area contributed by atoms with Gasteiger partial charge in [-0.1, -0.05) is 6.07 Å². The van der Waals surface area contributed by atoms with Crippen LogP contribution in [0.15, 0.2) is 18.3 Å². The molecule has 1 aromatic rings. The van der Waals surface area contributed by atoms with Crippen LogP contribution in [0.1, 0.15) is 18.4 Å². The van der Waals surface area contributed by atoms with Gasteiger partial charge in [-0.2, -0.15) is 5.26 Å². The lowest BCUT2D eigenvalue weighted by molar-refractivity contribution is 0.281. The number of hydrogen-bond donors (Lipinski definition) is 1. The van der Waals surface area contributed by atoms with Crippen LogP contribution in [-0.4, -0.2) is 25.2 Å². The first-order valence-corrected chi connectivity index (χ1v) is 5.89. The van der Waals surface area contributed by atoms with Crippen molar-refractivity contribution in [2.24, 2.45) is 5.41 Å². The average molecular weight is 231 g/mol. The van der Waals surface area contributed by atoms with Crippen LogP contribution in [0.2, 0.25) is 0 Å². The largest absolute Gasteiger partial charge is 0.481 e. The molecule has 1 N–H and O–H groups in total. The SMILES string of the molecule is COc1ncccc1CC1(C#N)CCCNC1. The van der Waals surface area contributed by atoms with E-state index in [1.54, 1.807) is 13.3 Å². The zero-order valence-corrected chi connectivity index (χ0v) is 10.1. The van der Waals surface area contributed by atoms with Crippen LogP contribution in [0.3, 0.4) is 0 Å². The molecular weight excluding hydrogens is 214 g/mol. The van der Waals surface area contributed by atoms with Crippen molar-refractivity contribution in [3.63, 3.8) is 0 Å². The van der Waals surface area contributed by atoms with E-state index in [1.165, 1.54) is 0 Å². The molecule has 0 spiro atoms. The Bertz CT molecular complexity index is 419. The Balaban J connectivity index is 2.21. The van der Waals surface area contributed by atoms with Crippen molar-refractivity contribution in [2.45, 2.75) is 19.3 Å². The van der Waals surface area contributed by atoms with E-state index in [1.807, 2.05) is 12.1 Å². The molecule has 0 aliphatic carbocycles. The summed E-state index contributed by atoms with van der Waals surface area (Å²) in [7, 11) is 1.62. The van der Waals surface area contributed by atoms with E-state index in [4.69, 9.17) is 4.74 Å². The molecule has 17 heavy (non-hydrogen) atoms. The maximum atomic E-state index is 9.42. The van der Waals surface area contributed by atoms with Gasteiger partial charge in [-0.05, 0) is 31.9 Å². The molecule has 1 fully saturated rings. The minimum atomic E-state index is -0.311. The van der Waals surface area contributed by atoms with E-state index in [0.717, 1.165) is 31.5 Å². The topological polar surface area (TPSA) is 57.9 Å². The Morgan fingerprint density at radius 3 is 3.18 bits per heavy atom. The first-order chi connectivity index (χ1) is 8.29. The molecule has 0 bridgehead atoms. The molecule has 1 aliphatic rings. The molecule has 1 atom stereocenters. The number of rotatable bonds is 3. The molecule has 4 heteroatoms. The quantitative estimate of drug-likeness (QED) is 0.857. The van der Waals surface area contributed by atoms with E-state index in [-0.39, 0.29) is 5.41 Å². The van der Waals surface area contributed by atoms with Gasteiger partial charge in [-0.25, -0.2) is 4.98 Å². The lowest BCUT2D eigenvalue weighted by Crippen LogP contribution is -2.40. The summed E-state index contributed by atoms with van der Waals surface area (Å²) in [4.78, 5) is 4.18. The molecule has 1 aromatic heterocycles. The van der Waals surface area contributed by atoms with Crippen molar-refractivity contribution in [1.82, 2.24) is 10.3 Å². The summed E-state index contributed by atoms with van der Waals surface area (Å²) in [6, 6.07) is 6.35. The Kier molecular flexibility index (Phi) is 3.60. The lowest BCUT2D eigenvalue weighted by Gasteiger charge is -2.31. The molecule has 0 radical (unpaired) electrons. The minimum absolute atomic E-state index is 0.311. The van der Waals surface area contributed by atoms with Gasteiger partial charge < -0.3 is 10.1 Å². The molecule has 0 saturated carbocycles. The molecule has 0 aromatic carbocycles. The van der Waals surface area contributed by atoms with Crippen molar-refractivity contribution in [3.05, 3.63) is 23.9 Å². The molecule has 2 heterocycles. The lowest BCUT2D eigenvalue weighted by atomic mass is 9.77. The Morgan fingerprint density at radius 1 is 1.65 bits per heavy atom. The zero-order valence-electron chi connectivity index (χ0n) is 10.1. The maximum Gasteiger partial charge on any atom is 0.216 e. The first kappa shape index (κ1) is 11.9. The molecule has 4 nitrogen and oxygen atoms in total. The maximum absolute atomic E-state index is 9.42. The molecule has 1 saturated heterocycles. The van der Waals surface area contributed by atoms with E-state index in [9.17, 15) is 5.26 Å². The highest BCUT2D eigenvalue weighted by atomic mass is 16.5. The van der Waals surface area contributed by atoms with Gasteiger partial charge in [0, 0.05) is 18.3 Å². The predicted molar refractivity (Wildman–Crippen MR) is 64.6 cm³/mol. The molecule has 2 rings (SSSR count). The highest BCUT2D eigenvalue weighted by molar-refractivity contribution is 5.28. The third-order valence-corrected chi connectivity index (χ3v) is 3.28. The Hall–Kier alpha value is -1.60. The van der Waals surface area contributed by atoms with Crippen LogP contribution in [0, 0.1) is 16.7 Å². The monoisotopic (exact) mass is 231 g/mol. The molecule has 0 amide bonds. The molecule has 1 aliphatic heterocycles. The van der Waals surface area contributed by atoms with E-state index >= 15 is 0 Å². The average Bonchev–Trinajstić information content (AvgIpc) is 2.40. The van der Waals surface area contributed by atoms with E-state index < -0.39 is 0 Å². The normalized spacial score (nSPS) is 24.0. The highest BCUT2D eigenvalue weighted by Crippen LogP contribution is 2.32. The van der Waals surface area contributed by atoms with Gasteiger partial charge in [-0.15, -0.1) is 0 Å². The second-order valence-corrected chi connectivity index (χ2v) is 4.52. The summed E-state index contributed by atoms with van der Waals surface area (Å²) in [6.45, 7) is 1.76. The number of hydrogen-bond acceptors (Lipinski definition) is 4. The highest BCUT2D eigenvalue weighted by Gasteiger charge is 2.33. The van der Waals surface area contributed by atoms with Gasteiger partial charge in [-0.3, -0.25) is 0 Å². The Morgan fingerprint density at radius 2 is 2.53 bits per heavy atom. The van der Waals surface area contributed by atoms with Gasteiger partial charge in [0.25, 0.3) is 0 Å². The van der Waals surface area contributed by atoms with Crippen LogP contribution >= 0.6 is 0 Å². The van der Waals surface area contributed by atoms with Crippen molar-refractivity contribution in [2.75, 3.05) is 20.2 Å². The third-order valence-electron chi connectivity index (χ3n) is 3.28. The predicted octanol–water partition coefficient (Wildman–Crippen LogP) is 1.53. The molecule has 90 valence electrons. The smallest absolute Gasteiger partial charge is 0.216 e. The number of ether oxygens (including phenoxy) is 1. The van der Waals surface area contributed by atoms with E-state index in [2.05, 4.69) is 16.4 Å². The van der Waals surface area contributed by atoms with Crippen LogP contribution in [0.25, 0.3) is 0 Å². The third kappa shape index (κ3) is 2.56. The summed E-state index contributed by atoms with van der Waals surface area (Å²) in [5.41, 5.74) is 0.703. The second-order valence-electron chi connectivity index (χ2n) is 4.52. The van der Waals surface area contributed by atoms with Crippen molar-refractivity contribution < 1.29 is 4.74 Å². The standard InChI is InChI=1S/C13H17N3O/c1-17-12-11(4-2-7-16-12)8-13(9-14)5-3-6-15-10-13/h2,4,7,15H,3,5-6,8,10H2,1H3. The summed E-state index contributed by atoms with van der Waals surface area (Å²) in [5, 5.41) is 12.7. The van der Waals surface area contributed by atoms with Crippen molar-refractivity contribution in [1.29, 1.82) is 5.26 Å². The number of methoxy groups -OCH3 is 1. The van der Waals surface area contributed by atoms with Gasteiger partial charge in [0.15, 0.2) is 0 Å². The number of piperidine rings is 1. The summed E-state index contributed by atoms with van der Waals surface area (Å²) >= 11 is 0. The number of nitriles is 1. The summed E-state index contributed by atoms with van der Waals surface area (Å²) in [6.07, 6.45) is 4.40. The van der Waals surface area contributed by atoms with Crippen LogP contribution in [0.4, 0.5) is 0 Å². The van der Waals surface area contributed by atoms with Crippen LogP contribution in [-0.2, 0) is 6.42 Å². The fourth-order valence-electron chi connectivity index (χ4n) is 2.36. The number of nitrogens with zero attached hydrogens (tertiary/aromatic N) is 2. The minimum Gasteiger partial charge on any atom is -0.481 e. The van der Waals surface area contributed by atoms with Crippen molar-refractivity contribution >= 4 is 0 Å². The summed E-state index contributed by atoms with van der Waals surface area (Å²) in [5.74, 6) is 0.632. The number of pyridine rings is 1. The zero-order chi connectivity index (χ0) is 12.1. The molecule has 1 unspecified atom stereocenters. The Labute approximate surface area is 102 Å². The van der Waals surface area contributed by atoms with Gasteiger partial charge in [0.05, 0.1) is 18.6 Å². The summed E-state index contributed by atoms with van der Waals surface area (Å²) < 4.78 is 5.24. The van der Waals surface area contributed by atoms with Gasteiger partial charge in [0.1, 0.15) is 0 Å². The fourth-order valence-corrected chi connectivity index (χ4v) is 2.36. The fraction of sp³-hybridized carbons (Fsp3) is 0.538. The van der Waals surface area contributed by atoms with Gasteiger partial charge in [0.2, 0.25) is 5.88 Å². The first-order valence-electron chi connectivity index (χ1n) is 5.89. The second kappa shape index (κ2) is 5.15. The van der Waals surface area contributed by atoms with E-state index in [0.29, 0.717) is 12.3 Å². The number of nitrogens with one attached hydrogen (secondary N) is 1. The molecular formula is C13H17N3O. The van der Waals surface area contributed by atoms with Gasteiger partial charge >= 0.3 is 0 Å². The van der Waals surface area contributed by atoms with Crippen molar-refractivity contribution in [3.8, 4) is 11.9 Å². The van der Waals surface area contributed by atoms with Crippen LogP contribution < -0.4 is 10.1 Å². The number of aromatic nitrogens is 1.